The molecule has 3 N–H and O–H groups in total. The summed E-state index contributed by atoms with van der Waals surface area (Å²) >= 11 is 0. The van der Waals surface area contributed by atoms with Gasteiger partial charge in [-0.25, -0.2) is 4.79 Å². The molecule has 8 heteroatoms. The second-order valence-electron chi connectivity index (χ2n) is 5.72. The van der Waals surface area contributed by atoms with Crippen molar-refractivity contribution in [3.8, 4) is 0 Å². The van der Waals surface area contributed by atoms with Crippen molar-refractivity contribution in [1.29, 1.82) is 0 Å². The number of rotatable bonds is 9. The van der Waals surface area contributed by atoms with Gasteiger partial charge in [0.25, 0.3) is 0 Å². The van der Waals surface area contributed by atoms with Crippen LogP contribution in [0.3, 0.4) is 0 Å². The molecule has 1 aromatic heterocycles. The number of urea groups is 1. The first-order chi connectivity index (χ1) is 10.4. The van der Waals surface area contributed by atoms with Crippen molar-refractivity contribution >= 4 is 11.8 Å². The molecule has 1 aromatic rings. The quantitative estimate of drug-likeness (QED) is 0.572. The van der Waals surface area contributed by atoms with Gasteiger partial charge in [0, 0.05) is 51.5 Å². The SMILES string of the molecule is COCCCn1ccc(NC(=O)N(C)CC(C)(CO)CO)n1. The molecule has 22 heavy (non-hydrogen) atoms. The molecule has 2 amide bonds. The molecule has 0 spiro atoms. The van der Waals surface area contributed by atoms with Gasteiger partial charge in [0.1, 0.15) is 0 Å². The summed E-state index contributed by atoms with van der Waals surface area (Å²) in [5, 5.41) is 25.5. The van der Waals surface area contributed by atoms with Gasteiger partial charge in [0.15, 0.2) is 5.82 Å². The summed E-state index contributed by atoms with van der Waals surface area (Å²) in [5.74, 6) is 0.462. The third kappa shape index (κ3) is 5.63. The number of amides is 2. The van der Waals surface area contributed by atoms with E-state index in [9.17, 15) is 15.0 Å². The molecule has 0 aliphatic rings. The number of methoxy groups -OCH3 is 1. The molecule has 1 rings (SSSR count). The van der Waals surface area contributed by atoms with Gasteiger partial charge in [0.2, 0.25) is 0 Å². The normalized spacial score (nSPS) is 11.5. The lowest BCUT2D eigenvalue weighted by Crippen LogP contribution is -2.43. The third-order valence-corrected chi connectivity index (χ3v) is 3.34. The fourth-order valence-corrected chi connectivity index (χ4v) is 1.92. The van der Waals surface area contributed by atoms with E-state index >= 15 is 0 Å². The molecule has 0 atom stereocenters. The molecular weight excluding hydrogens is 288 g/mol. The molecule has 1 heterocycles. The van der Waals surface area contributed by atoms with Crippen molar-refractivity contribution in [3.63, 3.8) is 0 Å². The molecule has 0 aliphatic heterocycles. The molecule has 0 radical (unpaired) electrons. The zero-order valence-corrected chi connectivity index (χ0v) is 13.4. The number of ether oxygens (including phenoxy) is 1. The maximum Gasteiger partial charge on any atom is 0.322 e. The van der Waals surface area contributed by atoms with E-state index in [0.29, 0.717) is 19.0 Å². The predicted octanol–water partition coefficient (Wildman–Crippen LogP) is 0.374. The Bertz CT molecular complexity index is 459. The molecule has 0 unspecified atom stereocenters. The number of nitrogens with one attached hydrogen (secondary N) is 1. The van der Waals surface area contributed by atoms with E-state index in [1.807, 2.05) is 0 Å². The zero-order chi connectivity index (χ0) is 16.6. The van der Waals surface area contributed by atoms with Crippen molar-refractivity contribution in [2.75, 3.05) is 45.8 Å². The van der Waals surface area contributed by atoms with Crippen molar-refractivity contribution < 1.29 is 19.7 Å². The van der Waals surface area contributed by atoms with Crippen LogP contribution >= 0.6 is 0 Å². The largest absolute Gasteiger partial charge is 0.396 e. The average molecular weight is 314 g/mol. The first kappa shape index (κ1) is 18.4. The van der Waals surface area contributed by atoms with Gasteiger partial charge in [-0.1, -0.05) is 6.92 Å². The third-order valence-electron chi connectivity index (χ3n) is 3.34. The number of nitrogens with zero attached hydrogens (tertiary/aromatic N) is 3. The molecule has 0 aliphatic carbocycles. The second-order valence-corrected chi connectivity index (χ2v) is 5.72. The summed E-state index contributed by atoms with van der Waals surface area (Å²) < 4.78 is 6.71. The number of carbonyl (C=O) groups is 1. The Labute approximate surface area is 130 Å². The average Bonchev–Trinajstić information content (AvgIpc) is 2.94. The Morgan fingerprint density at radius 2 is 2.18 bits per heavy atom. The molecule has 0 bridgehead atoms. The van der Waals surface area contributed by atoms with Gasteiger partial charge in [-0.05, 0) is 6.42 Å². The number of hydrogen-bond donors (Lipinski definition) is 3. The fourth-order valence-electron chi connectivity index (χ4n) is 1.92. The second kappa shape index (κ2) is 8.72. The number of aromatic nitrogens is 2. The molecule has 8 nitrogen and oxygen atoms in total. The Morgan fingerprint density at radius 1 is 1.50 bits per heavy atom. The van der Waals surface area contributed by atoms with Crippen molar-refractivity contribution in [2.24, 2.45) is 5.41 Å². The minimum Gasteiger partial charge on any atom is -0.396 e. The first-order valence-corrected chi connectivity index (χ1v) is 7.20. The number of aliphatic hydroxyl groups is 2. The van der Waals surface area contributed by atoms with Gasteiger partial charge in [0.05, 0.1) is 13.2 Å². The van der Waals surface area contributed by atoms with Gasteiger partial charge >= 0.3 is 6.03 Å². The molecule has 0 fully saturated rings. The number of anilines is 1. The highest BCUT2D eigenvalue weighted by molar-refractivity contribution is 5.88. The highest BCUT2D eigenvalue weighted by Crippen LogP contribution is 2.16. The Hall–Kier alpha value is -1.64. The van der Waals surface area contributed by atoms with Crippen LogP contribution < -0.4 is 5.32 Å². The van der Waals surface area contributed by atoms with Crippen LogP contribution in [-0.2, 0) is 11.3 Å². The van der Waals surface area contributed by atoms with Crippen LogP contribution in [0, 0.1) is 5.41 Å². The van der Waals surface area contributed by atoms with Crippen molar-refractivity contribution in [2.45, 2.75) is 19.9 Å². The van der Waals surface area contributed by atoms with Crippen molar-refractivity contribution in [1.82, 2.24) is 14.7 Å². The van der Waals surface area contributed by atoms with E-state index in [1.165, 1.54) is 4.90 Å². The summed E-state index contributed by atoms with van der Waals surface area (Å²) in [7, 11) is 3.26. The van der Waals surface area contributed by atoms with Gasteiger partial charge in [-0.2, -0.15) is 5.10 Å². The minimum absolute atomic E-state index is 0.199. The highest BCUT2D eigenvalue weighted by atomic mass is 16.5. The fraction of sp³-hybridized carbons (Fsp3) is 0.714. The minimum atomic E-state index is -0.731. The Balaban J connectivity index is 2.50. The van der Waals surface area contributed by atoms with Crippen LogP contribution in [0.4, 0.5) is 10.6 Å². The Kier molecular flexibility index (Phi) is 7.30. The summed E-state index contributed by atoms with van der Waals surface area (Å²) in [5.41, 5.74) is -0.731. The molecule has 126 valence electrons. The number of aryl methyl sites for hydroxylation is 1. The maximum atomic E-state index is 12.1. The Morgan fingerprint density at radius 3 is 2.77 bits per heavy atom. The molecule has 0 saturated heterocycles. The number of aliphatic hydroxyl groups excluding tert-OH is 2. The lowest BCUT2D eigenvalue weighted by molar-refractivity contribution is 0.0509. The summed E-state index contributed by atoms with van der Waals surface area (Å²) in [6.45, 7) is 2.92. The standard InChI is InChI=1S/C14H26N4O4/c1-14(10-19,11-20)9-17(2)13(21)15-12-5-7-18(16-12)6-4-8-22-3/h5,7,19-20H,4,6,8-11H2,1-3H3,(H,15,16,21). The topological polar surface area (TPSA) is 99.9 Å². The maximum absolute atomic E-state index is 12.1. The highest BCUT2D eigenvalue weighted by Gasteiger charge is 2.26. The van der Waals surface area contributed by atoms with E-state index < -0.39 is 5.41 Å². The van der Waals surface area contributed by atoms with Crippen LogP contribution in [0.25, 0.3) is 0 Å². The predicted molar refractivity (Wildman–Crippen MR) is 82.6 cm³/mol. The monoisotopic (exact) mass is 314 g/mol. The summed E-state index contributed by atoms with van der Waals surface area (Å²) in [4.78, 5) is 13.5. The number of hydrogen-bond acceptors (Lipinski definition) is 5. The molecular formula is C14H26N4O4. The molecule has 0 saturated carbocycles. The van der Waals surface area contributed by atoms with E-state index in [1.54, 1.807) is 38.0 Å². The van der Waals surface area contributed by atoms with Crippen LogP contribution in [-0.4, -0.2) is 71.4 Å². The van der Waals surface area contributed by atoms with Crippen LogP contribution in [0.15, 0.2) is 12.3 Å². The smallest absolute Gasteiger partial charge is 0.322 e. The van der Waals surface area contributed by atoms with Crippen LogP contribution in [0.5, 0.6) is 0 Å². The van der Waals surface area contributed by atoms with E-state index in [0.717, 1.165) is 6.42 Å². The van der Waals surface area contributed by atoms with Crippen LogP contribution in [0.1, 0.15) is 13.3 Å². The lowest BCUT2D eigenvalue weighted by Gasteiger charge is -2.30. The van der Waals surface area contributed by atoms with E-state index in [-0.39, 0.29) is 25.8 Å². The summed E-state index contributed by atoms with van der Waals surface area (Å²) in [6.07, 6.45) is 2.63. The molecule has 0 aromatic carbocycles. The summed E-state index contributed by atoms with van der Waals surface area (Å²) in [6, 6.07) is 1.38. The lowest BCUT2D eigenvalue weighted by atomic mass is 9.92. The van der Waals surface area contributed by atoms with Gasteiger partial charge in [-0.15, -0.1) is 0 Å². The van der Waals surface area contributed by atoms with Crippen molar-refractivity contribution in [3.05, 3.63) is 12.3 Å². The van der Waals surface area contributed by atoms with Crippen LogP contribution in [0.2, 0.25) is 0 Å². The van der Waals surface area contributed by atoms with Gasteiger partial charge in [-0.3, -0.25) is 10.00 Å². The van der Waals surface area contributed by atoms with E-state index in [2.05, 4.69) is 10.4 Å². The number of carbonyl (C=O) groups excluding carboxylic acids is 1. The van der Waals surface area contributed by atoms with Gasteiger partial charge < -0.3 is 19.8 Å². The first-order valence-electron chi connectivity index (χ1n) is 7.20. The zero-order valence-electron chi connectivity index (χ0n) is 13.4. The van der Waals surface area contributed by atoms with E-state index in [4.69, 9.17) is 4.74 Å².